The number of aromatic carboxylic acids is 1. The molecule has 1 saturated heterocycles. The molecule has 1 heterocycles. The Morgan fingerprint density at radius 2 is 2.12 bits per heavy atom. The van der Waals surface area contributed by atoms with Gasteiger partial charge in [0.25, 0.3) is 0 Å². The Bertz CT molecular complexity index is 648. The zero-order valence-electron chi connectivity index (χ0n) is 14.9. The summed E-state index contributed by atoms with van der Waals surface area (Å²) < 4.78 is 0. The van der Waals surface area contributed by atoms with E-state index in [2.05, 4.69) is 25.2 Å². The summed E-state index contributed by atoms with van der Waals surface area (Å²) in [6.07, 6.45) is 13.7. The van der Waals surface area contributed by atoms with Crippen LogP contribution in [0.2, 0.25) is 0 Å². The average Bonchev–Trinajstić information content (AvgIpc) is 2.96. The maximum Gasteiger partial charge on any atom is 0.335 e. The van der Waals surface area contributed by atoms with Crippen molar-refractivity contribution in [1.82, 2.24) is 4.90 Å². The quantitative estimate of drug-likeness (QED) is 0.540. The molecular formula is C21H27NO3. The van der Waals surface area contributed by atoms with E-state index in [1.165, 1.54) is 12.8 Å². The Morgan fingerprint density at radius 3 is 2.88 bits per heavy atom. The molecular weight excluding hydrogens is 314 g/mol. The number of allylic oxidation sites excluding steroid dienone is 3. The summed E-state index contributed by atoms with van der Waals surface area (Å²) in [4.78, 5) is 25.3. The maximum atomic E-state index is 12.2. The van der Waals surface area contributed by atoms with Crippen LogP contribution in [-0.2, 0) is 11.2 Å². The summed E-state index contributed by atoms with van der Waals surface area (Å²) in [5.74, 6) is -0.769. The van der Waals surface area contributed by atoms with Crippen LogP contribution in [0.15, 0.2) is 48.6 Å². The number of hydrogen-bond acceptors (Lipinski definition) is 2. The first kappa shape index (κ1) is 19.0. The van der Waals surface area contributed by atoms with Crippen LogP contribution in [0.4, 0.5) is 0 Å². The smallest absolute Gasteiger partial charge is 0.335 e. The van der Waals surface area contributed by atoms with Crippen molar-refractivity contribution in [2.75, 3.05) is 6.54 Å². The highest BCUT2D eigenvalue weighted by Crippen LogP contribution is 2.21. The molecule has 2 rings (SSSR count). The summed E-state index contributed by atoms with van der Waals surface area (Å²) in [5, 5.41) is 9.27. The van der Waals surface area contributed by atoms with Crippen LogP contribution in [-0.4, -0.2) is 34.5 Å². The number of carboxylic acids is 1. The van der Waals surface area contributed by atoms with E-state index in [-0.39, 0.29) is 11.9 Å². The molecule has 1 N–H and O–H groups in total. The third-order valence-corrected chi connectivity index (χ3v) is 4.55. The third-order valence-electron chi connectivity index (χ3n) is 4.55. The van der Waals surface area contributed by atoms with Gasteiger partial charge in [-0.15, -0.1) is 0 Å². The normalized spacial score (nSPS) is 17.9. The zero-order valence-corrected chi connectivity index (χ0v) is 14.9. The van der Waals surface area contributed by atoms with Gasteiger partial charge in [-0.3, -0.25) is 4.79 Å². The van der Waals surface area contributed by atoms with Crippen molar-refractivity contribution in [1.29, 1.82) is 0 Å². The molecule has 1 aliphatic heterocycles. The van der Waals surface area contributed by atoms with Gasteiger partial charge in [0.2, 0.25) is 5.91 Å². The van der Waals surface area contributed by atoms with Crippen LogP contribution in [0.25, 0.3) is 0 Å². The van der Waals surface area contributed by atoms with Gasteiger partial charge in [0, 0.05) is 13.0 Å². The number of carbonyl (C=O) groups is 2. The minimum absolute atomic E-state index is 0.111. The second-order valence-corrected chi connectivity index (χ2v) is 6.36. The fraction of sp³-hybridized carbons (Fsp3) is 0.429. The lowest BCUT2D eigenvalue weighted by Crippen LogP contribution is -2.33. The van der Waals surface area contributed by atoms with Gasteiger partial charge in [-0.05, 0) is 30.9 Å². The molecule has 1 aromatic carbocycles. The standard InChI is InChI=1S/C21H27NO3/c1-2-3-4-5-6-7-11-18-13-14-20(23)22(18)16-15-17-10-8-9-12-19(17)21(24)25/h5-12,18H,2-4,13-16H2,1H3,(H,24,25)/b6-5+,11-7+/t18-/m0/s1. The lowest BCUT2D eigenvalue weighted by molar-refractivity contribution is -0.128. The zero-order chi connectivity index (χ0) is 18.1. The van der Waals surface area contributed by atoms with Gasteiger partial charge in [-0.2, -0.15) is 0 Å². The fourth-order valence-electron chi connectivity index (χ4n) is 3.12. The summed E-state index contributed by atoms with van der Waals surface area (Å²) in [7, 11) is 0. The third kappa shape index (κ3) is 5.59. The van der Waals surface area contributed by atoms with Crippen molar-refractivity contribution in [2.45, 2.75) is 51.5 Å². The number of nitrogens with zero attached hydrogens (tertiary/aromatic N) is 1. The van der Waals surface area contributed by atoms with Crippen LogP contribution < -0.4 is 0 Å². The monoisotopic (exact) mass is 341 g/mol. The highest BCUT2D eigenvalue weighted by atomic mass is 16.4. The van der Waals surface area contributed by atoms with Crippen LogP contribution in [0.1, 0.15) is 54.9 Å². The Hall–Kier alpha value is -2.36. The molecule has 0 spiro atoms. The molecule has 0 bridgehead atoms. The van der Waals surface area contributed by atoms with Gasteiger partial charge >= 0.3 is 5.97 Å². The Labute approximate surface area is 149 Å². The second kappa shape index (κ2) is 9.82. The van der Waals surface area contributed by atoms with Gasteiger partial charge < -0.3 is 10.0 Å². The molecule has 0 aliphatic carbocycles. The second-order valence-electron chi connectivity index (χ2n) is 6.36. The lowest BCUT2D eigenvalue weighted by atomic mass is 10.0. The highest BCUT2D eigenvalue weighted by Gasteiger charge is 2.28. The van der Waals surface area contributed by atoms with E-state index in [1.54, 1.807) is 12.1 Å². The van der Waals surface area contributed by atoms with Crippen molar-refractivity contribution in [2.24, 2.45) is 0 Å². The molecule has 1 fully saturated rings. The van der Waals surface area contributed by atoms with Gasteiger partial charge in [-0.1, -0.05) is 62.3 Å². The summed E-state index contributed by atoms with van der Waals surface area (Å²) in [6, 6.07) is 7.12. The van der Waals surface area contributed by atoms with Crippen molar-refractivity contribution in [3.05, 3.63) is 59.7 Å². The van der Waals surface area contributed by atoms with E-state index in [1.807, 2.05) is 23.1 Å². The van der Waals surface area contributed by atoms with Gasteiger partial charge in [0.05, 0.1) is 11.6 Å². The Balaban J connectivity index is 1.95. The van der Waals surface area contributed by atoms with E-state index in [9.17, 15) is 14.7 Å². The highest BCUT2D eigenvalue weighted by molar-refractivity contribution is 5.89. The largest absolute Gasteiger partial charge is 0.478 e. The van der Waals surface area contributed by atoms with Crippen LogP contribution >= 0.6 is 0 Å². The predicted molar refractivity (Wildman–Crippen MR) is 99.6 cm³/mol. The molecule has 1 aliphatic rings. The molecule has 134 valence electrons. The number of benzene rings is 1. The van der Waals surface area contributed by atoms with Crippen molar-refractivity contribution < 1.29 is 14.7 Å². The first-order chi connectivity index (χ1) is 12.1. The van der Waals surface area contributed by atoms with Gasteiger partial charge in [0.1, 0.15) is 0 Å². The van der Waals surface area contributed by atoms with E-state index >= 15 is 0 Å². The number of amides is 1. The van der Waals surface area contributed by atoms with Crippen LogP contribution in [0.5, 0.6) is 0 Å². The first-order valence-electron chi connectivity index (χ1n) is 9.07. The lowest BCUT2D eigenvalue weighted by Gasteiger charge is -2.22. The summed E-state index contributed by atoms with van der Waals surface area (Å²) >= 11 is 0. The molecule has 25 heavy (non-hydrogen) atoms. The topological polar surface area (TPSA) is 57.6 Å². The minimum atomic E-state index is -0.919. The molecule has 0 aromatic heterocycles. The average molecular weight is 341 g/mol. The van der Waals surface area contributed by atoms with Gasteiger partial charge in [0.15, 0.2) is 0 Å². The summed E-state index contributed by atoms with van der Waals surface area (Å²) in [6.45, 7) is 2.73. The SMILES string of the molecule is CCCC/C=C/C=C/[C@H]1CCC(=O)N1CCc1ccccc1C(=O)O. The number of carboxylic acid groups (broad SMARTS) is 1. The fourth-order valence-corrected chi connectivity index (χ4v) is 3.12. The van der Waals surface area contributed by atoms with Crippen LogP contribution in [0, 0.1) is 0 Å². The van der Waals surface area contributed by atoms with E-state index in [0.29, 0.717) is 24.9 Å². The Kier molecular flexibility index (Phi) is 7.45. The molecule has 0 unspecified atom stereocenters. The summed E-state index contributed by atoms with van der Waals surface area (Å²) in [5.41, 5.74) is 1.09. The molecule has 4 heteroatoms. The number of likely N-dealkylation sites (tertiary alicyclic amines) is 1. The van der Waals surface area contributed by atoms with E-state index < -0.39 is 5.97 Å². The van der Waals surface area contributed by atoms with E-state index in [0.717, 1.165) is 18.4 Å². The van der Waals surface area contributed by atoms with Crippen LogP contribution in [0.3, 0.4) is 0 Å². The number of hydrogen-bond donors (Lipinski definition) is 1. The Morgan fingerprint density at radius 1 is 1.32 bits per heavy atom. The predicted octanol–water partition coefficient (Wildman–Crippen LogP) is 4.22. The van der Waals surface area contributed by atoms with Gasteiger partial charge in [-0.25, -0.2) is 4.79 Å². The minimum Gasteiger partial charge on any atom is -0.478 e. The van der Waals surface area contributed by atoms with Crippen molar-refractivity contribution in [3.63, 3.8) is 0 Å². The molecule has 1 aromatic rings. The molecule has 1 amide bonds. The number of unbranched alkanes of at least 4 members (excludes halogenated alkanes) is 2. The molecule has 0 saturated carbocycles. The van der Waals surface area contributed by atoms with Crippen molar-refractivity contribution >= 4 is 11.9 Å². The molecule has 0 radical (unpaired) electrons. The molecule has 1 atom stereocenters. The number of rotatable bonds is 9. The van der Waals surface area contributed by atoms with E-state index in [4.69, 9.17) is 0 Å². The first-order valence-corrected chi connectivity index (χ1v) is 9.07. The maximum absolute atomic E-state index is 12.2. The van der Waals surface area contributed by atoms with Crippen molar-refractivity contribution in [3.8, 4) is 0 Å². The number of carbonyl (C=O) groups excluding carboxylic acids is 1. The molecule has 4 nitrogen and oxygen atoms in total.